The van der Waals surface area contributed by atoms with Gasteiger partial charge in [0.2, 0.25) is 0 Å². The molecule has 0 radical (unpaired) electrons. The lowest BCUT2D eigenvalue weighted by molar-refractivity contribution is 0.193. The molecule has 1 heterocycles. The Morgan fingerprint density at radius 1 is 1.38 bits per heavy atom. The zero-order chi connectivity index (χ0) is 9.10. The summed E-state index contributed by atoms with van der Waals surface area (Å²) < 4.78 is 5.59. The maximum Gasteiger partial charge on any atom is 0.118 e. The van der Waals surface area contributed by atoms with E-state index in [4.69, 9.17) is 4.74 Å². The monoisotopic (exact) mass is 177 g/mol. The number of allylic oxidation sites excluding steroid dienone is 4. The Hall–Kier alpha value is -1.18. The Labute approximate surface area is 79.0 Å². The van der Waals surface area contributed by atoms with Crippen molar-refractivity contribution >= 4 is 0 Å². The minimum absolute atomic E-state index is 0.873. The van der Waals surface area contributed by atoms with Gasteiger partial charge in [0.05, 0.1) is 6.61 Å². The Morgan fingerprint density at radius 2 is 2.31 bits per heavy atom. The molecule has 1 aliphatic carbocycles. The molecule has 0 bridgehead atoms. The largest absolute Gasteiger partial charge is 0.494 e. The molecule has 0 unspecified atom stereocenters. The Balaban J connectivity index is 2.22. The van der Waals surface area contributed by atoms with Gasteiger partial charge < -0.3 is 10.1 Å². The van der Waals surface area contributed by atoms with Crippen LogP contribution in [0.4, 0.5) is 0 Å². The minimum atomic E-state index is 0.873. The first-order valence-corrected chi connectivity index (χ1v) is 4.81. The van der Waals surface area contributed by atoms with Gasteiger partial charge in [-0.15, -0.1) is 0 Å². The first-order chi connectivity index (χ1) is 6.40. The summed E-state index contributed by atoms with van der Waals surface area (Å²) in [6.07, 6.45) is 9.73. The molecule has 0 saturated carbocycles. The van der Waals surface area contributed by atoms with Gasteiger partial charge in [-0.25, -0.2) is 0 Å². The van der Waals surface area contributed by atoms with E-state index < -0.39 is 0 Å². The highest BCUT2D eigenvalue weighted by Crippen LogP contribution is 2.26. The quantitative estimate of drug-likeness (QED) is 0.662. The first-order valence-electron chi connectivity index (χ1n) is 4.81. The van der Waals surface area contributed by atoms with E-state index in [0.29, 0.717) is 0 Å². The Morgan fingerprint density at radius 3 is 3.15 bits per heavy atom. The second-order valence-electron chi connectivity index (χ2n) is 3.36. The SMILES string of the molecule is CNC1=CC=C2CCCOC2=CC1. The number of rotatable bonds is 1. The third-order valence-corrected chi connectivity index (χ3v) is 2.48. The van der Waals surface area contributed by atoms with Crippen LogP contribution < -0.4 is 5.32 Å². The maximum atomic E-state index is 5.59. The van der Waals surface area contributed by atoms with Gasteiger partial charge in [-0.1, -0.05) is 6.08 Å². The molecule has 2 nitrogen and oxygen atoms in total. The molecule has 1 saturated heterocycles. The fourth-order valence-corrected chi connectivity index (χ4v) is 1.67. The van der Waals surface area contributed by atoms with E-state index in [1.54, 1.807) is 0 Å². The van der Waals surface area contributed by atoms with E-state index in [9.17, 15) is 0 Å². The van der Waals surface area contributed by atoms with E-state index in [1.807, 2.05) is 7.05 Å². The topological polar surface area (TPSA) is 21.3 Å². The van der Waals surface area contributed by atoms with Crippen LogP contribution in [-0.4, -0.2) is 13.7 Å². The number of ether oxygens (including phenoxy) is 1. The summed E-state index contributed by atoms with van der Waals surface area (Å²) >= 11 is 0. The third kappa shape index (κ3) is 1.77. The van der Waals surface area contributed by atoms with Gasteiger partial charge in [0.25, 0.3) is 0 Å². The highest BCUT2D eigenvalue weighted by atomic mass is 16.5. The van der Waals surface area contributed by atoms with Crippen LogP contribution in [0.5, 0.6) is 0 Å². The smallest absolute Gasteiger partial charge is 0.118 e. The van der Waals surface area contributed by atoms with Gasteiger partial charge in [0.15, 0.2) is 0 Å². The fourth-order valence-electron chi connectivity index (χ4n) is 1.67. The predicted octanol–water partition coefficient (Wildman–Crippen LogP) is 2.11. The molecule has 2 rings (SSSR count). The van der Waals surface area contributed by atoms with E-state index in [1.165, 1.54) is 11.3 Å². The van der Waals surface area contributed by atoms with Crippen molar-refractivity contribution in [2.75, 3.05) is 13.7 Å². The lowest BCUT2D eigenvalue weighted by Crippen LogP contribution is -2.06. The zero-order valence-corrected chi connectivity index (χ0v) is 7.97. The molecule has 1 N–H and O–H groups in total. The van der Waals surface area contributed by atoms with E-state index in [2.05, 4.69) is 23.5 Å². The summed E-state index contributed by atoms with van der Waals surface area (Å²) in [5.74, 6) is 1.09. The molecule has 70 valence electrons. The average Bonchev–Trinajstić information content (AvgIpc) is 2.39. The minimum Gasteiger partial charge on any atom is -0.494 e. The fraction of sp³-hybridized carbons (Fsp3) is 0.455. The van der Waals surface area contributed by atoms with Crippen molar-refractivity contribution in [3.8, 4) is 0 Å². The summed E-state index contributed by atoms with van der Waals surface area (Å²) in [4.78, 5) is 0. The highest BCUT2D eigenvalue weighted by molar-refractivity contribution is 5.35. The van der Waals surface area contributed by atoms with Crippen LogP contribution in [0.15, 0.2) is 35.3 Å². The van der Waals surface area contributed by atoms with Crippen LogP contribution in [0.3, 0.4) is 0 Å². The molecular formula is C11H15NO. The van der Waals surface area contributed by atoms with E-state index in [0.717, 1.165) is 31.6 Å². The number of hydrogen-bond donors (Lipinski definition) is 1. The van der Waals surface area contributed by atoms with Crippen molar-refractivity contribution in [2.24, 2.45) is 0 Å². The van der Waals surface area contributed by atoms with Gasteiger partial charge in [-0.3, -0.25) is 0 Å². The van der Waals surface area contributed by atoms with Crippen molar-refractivity contribution in [3.05, 3.63) is 35.3 Å². The number of nitrogens with one attached hydrogen (secondary N) is 1. The van der Waals surface area contributed by atoms with Crippen LogP contribution in [0, 0.1) is 0 Å². The van der Waals surface area contributed by atoms with Gasteiger partial charge in [0.1, 0.15) is 5.76 Å². The Kier molecular flexibility index (Phi) is 2.39. The van der Waals surface area contributed by atoms with E-state index >= 15 is 0 Å². The number of fused-ring (bicyclic) bond motifs is 1. The van der Waals surface area contributed by atoms with Crippen LogP contribution in [0.1, 0.15) is 19.3 Å². The molecule has 0 aromatic heterocycles. The lowest BCUT2D eigenvalue weighted by atomic mass is 10.1. The summed E-state index contributed by atoms with van der Waals surface area (Å²) in [6.45, 7) is 0.873. The Bertz CT molecular complexity index is 286. The molecular weight excluding hydrogens is 162 g/mol. The molecule has 0 aromatic rings. The molecule has 0 amide bonds. The van der Waals surface area contributed by atoms with E-state index in [-0.39, 0.29) is 0 Å². The van der Waals surface area contributed by atoms with Crippen molar-refractivity contribution in [1.82, 2.24) is 5.32 Å². The average molecular weight is 177 g/mol. The molecule has 0 spiro atoms. The van der Waals surface area contributed by atoms with Gasteiger partial charge >= 0.3 is 0 Å². The van der Waals surface area contributed by atoms with Crippen LogP contribution in [0.2, 0.25) is 0 Å². The molecule has 2 heteroatoms. The van der Waals surface area contributed by atoms with Crippen LogP contribution in [-0.2, 0) is 4.74 Å². The van der Waals surface area contributed by atoms with Crippen molar-refractivity contribution in [1.29, 1.82) is 0 Å². The second-order valence-corrected chi connectivity index (χ2v) is 3.36. The maximum absolute atomic E-state index is 5.59. The highest BCUT2D eigenvalue weighted by Gasteiger charge is 2.13. The standard InChI is InChI=1S/C11H15NO/c1-12-10-5-4-9-3-2-8-13-11(9)7-6-10/h4-5,7,12H,2-3,6,8H2,1H3. The number of hydrogen-bond acceptors (Lipinski definition) is 2. The second kappa shape index (κ2) is 3.69. The van der Waals surface area contributed by atoms with Gasteiger partial charge in [-0.05, 0) is 30.6 Å². The molecule has 1 aliphatic heterocycles. The van der Waals surface area contributed by atoms with Crippen LogP contribution >= 0.6 is 0 Å². The summed E-state index contributed by atoms with van der Waals surface area (Å²) in [6, 6.07) is 0. The first kappa shape index (κ1) is 8.42. The summed E-state index contributed by atoms with van der Waals surface area (Å²) in [5.41, 5.74) is 2.59. The predicted molar refractivity (Wildman–Crippen MR) is 53.1 cm³/mol. The summed E-state index contributed by atoms with van der Waals surface area (Å²) in [5, 5.41) is 3.17. The molecule has 13 heavy (non-hydrogen) atoms. The van der Waals surface area contributed by atoms with Gasteiger partial charge in [-0.2, -0.15) is 0 Å². The normalized spacial score (nSPS) is 21.5. The van der Waals surface area contributed by atoms with Crippen LogP contribution in [0.25, 0.3) is 0 Å². The van der Waals surface area contributed by atoms with Gasteiger partial charge in [0, 0.05) is 19.2 Å². The van der Waals surface area contributed by atoms with Crippen molar-refractivity contribution in [2.45, 2.75) is 19.3 Å². The molecule has 2 aliphatic rings. The summed E-state index contributed by atoms with van der Waals surface area (Å²) in [7, 11) is 1.96. The lowest BCUT2D eigenvalue weighted by Gasteiger charge is -2.18. The van der Waals surface area contributed by atoms with Crippen molar-refractivity contribution in [3.63, 3.8) is 0 Å². The zero-order valence-electron chi connectivity index (χ0n) is 7.97. The molecule has 1 fully saturated rings. The third-order valence-electron chi connectivity index (χ3n) is 2.48. The molecule has 0 atom stereocenters. The molecule has 0 aromatic carbocycles. The van der Waals surface area contributed by atoms with Crippen molar-refractivity contribution < 1.29 is 4.74 Å².